The summed E-state index contributed by atoms with van der Waals surface area (Å²) in [7, 11) is -4.06. The number of aryl methyl sites for hydroxylation is 1. The molecule has 2 rings (SSSR count). The number of benzene rings is 2. The Balaban J connectivity index is 2.23. The molecule has 0 unspecified atom stereocenters. The molecule has 0 saturated carbocycles. The Morgan fingerprint density at radius 3 is 2.33 bits per heavy atom. The van der Waals surface area contributed by atoms with Gasteiger partial charge in [-0.2, -0.15) is 13.2 Å². The van der Waals surface area contributed by atoms with E-state index in [1.807, 2.05) is 13.0 Å². The fourth-order valence-corrected chi connectivity index (χ4v) is 3.39. The first-order valence-electron chi connectivity index (χ1n) is 8.87. The molecule has 7 nitrogen and oxygen atoms in total. The van der Waals surface area contributed by atoms with Crippen molar-refractivity contribution in [1.29, 1.82) is 0 Å². The maximum atomic E-state index is 12.9. The first kappa shape index (κ1) is 23.3. The number of hydrogen-bond donors (Lipinski definition) is 3. The van der Waals surface area contributed by atoms with Gasteiger partial charge in [0.1, 0.15) is 5.75 Å². The number of ether oxygens (including phenoxy) is 1. The van der Waals surface area contributed by atoms with Crippen LogP contribution in [0.15, 0.2) is 41.3 Å². The van der Waals surface area contributed by atoms with Gasteiger partial charge in [-0.15, -0.1) is 0 Å². The average Bonchev–Trinajstić information content (AvgIpc) is 2.66. The maximum Gasteiger partial charge on any atom is 0.501 e. The van der Waals surface area contributed by atoms with Crippen LogP contribution in [0.1, 0.15) is 12.5 Å². The van der Waals surface area contributed by atoms with Crippen molar-refractivity contribution in [1.82, 2.24) is 0 Å². The van der Waals surface area contributed by atoms with Gasteiger partial charge in [0, 0.05) is 6.54 Å². The van der Waals surface area contributed by atoms with E-state index in [2.05, 4.69) is 16.0 Å². The van der Waals surface area contributed by atoms with Crippen molar-refractivity contribution in [3.8, 4) is 5.75 Å². The van der Waals surface area contributed by atoms with Gasteiger partial charge in [0.15, 0.2) is 0 Å². The highest BCUT2D eigenvalue weighted by atomic mass is 32.2. The van der Waals surface area contributed by atoms with Crippen molar-refractivity contribution in [2.24, 2.45) is 0 Å². The van der Waals surface area contributed by atoms with E-state index in [1.54, 1.807) is 19.1 Å². The maximum absolute atomic E-state index is 12.9. The molecule has 0 aliphatic carbocycles. The quantitative estimate of drug-likeness (QED) is 0.572. The van der Waals surface area contributed by atoms with Gasteiger partial charge in [-0.05, 0) is 49.7 Å². The molecule has 0 aliphatic heterocycles. The van der Waals surface area contributed by atoms with E-state index in [4.69, 9.17) is 4.74 Å². The molecule has 0 spiro atoms. The van der Waals surface area contributed by atoms with Gasteiger partial charge < -0.3 is 20.7 Å². The number of rotatable bonds is 8. The van der Waals surface area contributed by atoms with Gasteiger partial charge in [-0.25, -0.2) is 8.42 Å². The van der Waals surface area contributed by atoms with E-state index < -0.39 is 26.1 Å². The van der Waals surface area contributed by atoms with Gasteiger partial charge in [0.25, 0.3) is 9.84 Å². The Labute approximate surface area is 172 Å². The molecule has 0 radical (unpaired) electrons. The summed E-state index contributed by atoms with van der Waals surface area (Å²) < 4.78 is 67.1. The molecule has 2 aromatic rings. The second kappa shape index (κ2) is 9.24. The van der Waals surface area contributed by atoms with Crippen LogP contribution in [0.3, 0.4) is 0 Å². The number of anilines is 3. The van der Waals surface area contributed by atoms with Crippen molar-refractivity contribution >= 4 is 32.8 Å². The number of nitrogens with one attached hydrogen (secondary N) is 3. The van der Waals surface area contributed by atoms with Crippen LogP contribution in [0.4, 0.5) is 30.2 Å². The van der Waals surface area contributed by atoms with E-state index in [9.17, 15) is 26.4 Å². The minimum atomic E-state index is -5.52. The summed E-state index contributed by atoms with van der Waals surface area (Å²) in [5.41, 5.74) is -3.69. The Kier molecular flexibility index (Phi) is 7.19. The molecule has 0 saturated heterocycles. The first-order chi connectivity index (χ1) is 14.0. The molecular weight excluding hydrogens is 423 g/mol. The van der Waals surface area contributed by atoms with Crippen LogP contribution < -0.4 is 20.7 Å². The van der Waals surface area contributed by atoms with Crippen molar-refractivity contribution in [2.45, 2.75) is 24.3 Å². The van der Waals surface area contributed by atoms with Gasteiger partial charge >= 0.3 is 5.51 Å². The third-order valence-corrected chi connectivity index (χ3v) is 5.53. The van der Waals surface area contributed by atoms with Crippen molar-refractivity contribution in [3.05, 3.63) is 42.0 Å². The van der Waals surface area contributed by atoms with Gasteiger partial charge in [0.05, 0.1) is 35.6 Å². The fraction of sp³-hybridized carbons (Fsp3) is 0.316. The molecule has 0 bridgehead atoms. The van der Waals surface area contributed by atoms with Crippen LogP contribution in [0.25, 0.3) is 0 Å². The summed E-state index contributed by atoms with van der Waals surface area (Å²) in [5.74, 6) is -0.0500. The van der Waals surface area contributed by atoms with E-state index in [-0.39, 0.29) is 12.2 Å². The van der Waals surface area contributed by atoms with Crippen LogP contribution >= 0.6 is 0 Å². The van der Waals surface area contributed by atoms with E-state index in [1.165, 1.54) is 13.2 Å². The highest BCUT2D eigenvalue weighted by molar-refractivity contribution is 7.92. The third kappa shape index (κ3) is 5.35. The minimum absolute atomic E-state index is 0.0496. The number of amides is 1. The van der Waals surface area contributed by atoms with Gasteiger partial charge in [-0.3, -0.25) is 4.79 Å². The standard InChI is InChI=1S/C19H22F3N3O4S/c1-4-23-14-7-6-13(30(27,28)19(20,21)22)10-15(14)24-11-18(26)25-16-9-12(2)5-8-17(16)29-3/h5-10,23-24H,4,11H2,1-3H3,(H,25,26). The number of hydrogen-bond acceptors (Lipinski definition) is 6. The molecule has 0 aliphatic rings. The molecule has 0 aromatic heterocycles. The largest absolute Gasteiger partial charge is 0.501 e. The highest BCUT2D eigenvalue weighted by Crippen LogP contribution is 2.34. The molecule has 11 heteroatoms. The van der Waals surface area contributed by atoms with Crippen LogP contribution in [0, 0.1) is 6.92 Å². The number of methoxy groups -OCH3 is 1. The zero-order chi connectivity index (χ0) is 22.5. The summed E-state index contributed by atoms with van der Waals surface area (Å²) in [6, 6.07) is 8.13. The molecule has 2 aromatic carbocycles. The lowest BCUT2D eigenvalue weighted by Gasteiger charge is -2.16. The number of sulfone groups is 1. The lowest BCUT2D eigenvalue weighted by Crippen LogP contribution is -2.24. The second-order valence-electron chi connectivity index (χ2n) is 6.29. The Hall–Kier alpha value is -2.95. The minimum Gasteiger partial charge on any atom is -0.495 e. The first-order valence-corrected chi connectivity index (χ1v) is 10.4. The molecule has 3 N–H and O–H groups in total. The molecule has 30 heavy (non-hydrogen) atoms. The predicted molar refractivity (Wildman–Crippen MR) is 109 cm³/mol. The lowest BCUT2D eigenvalue weighted by atomic mass is 10.2. The summed E-state index contributed by atoms with van der Waals surface area (Å²) >= 11 is 0. The molecule has 1 amide bonds. The Morgan fingerprint density at radius 2 is 1.73 bits per heavy atom. The molecule has 0 heterocycles. The van der Waals surface area contributed by atoms with Crippen LogP contribution in [0.5, 0.6) is 5.75 Å². The SMILES string of the molecule is CCNc1ccc(S(=O)(=O)C(F)(F)F)cc1NCC(=O)Nc1cc(C)ccc1OC. The van der Waals surface area contributed by atoms with Crippen molar-refractivity contribution in [3.63, 3.8) is 0 Å². The smallest absolute Gasteiger partial charge is 0.495 e. The van der Waals surface area contributed by atoms with Crippen molar-refractivity contribution < 1.29 is 31.1 Å². The lowest BCUT2D eigenvalue weighted by molar-refractivity contribution is -0.114. The topological polar surface area (TPSA) is 96.5 Å². The fourth-order valence-electron chi connectivity index (χ4n) is 2.60. The Bertz CT molecular complexity index is 1020. The summed E-state index contributed by atoms with van der Waals surface area (Å²) in [6.07, 6.45) is 0. The normalized spacial score (nSPS) is 11.7. The summed E-state index contributed by atoms with van der Waals surface area (Å²) in [6.45, 7) is 3.72. The van der Waals surface area contributed by atoms with E-state index >= 15 is 0 Å². The molecule has 164 valence electrons. The number of carbonyl (C=O) groups is 1. The number of alkyl halides is 3. The van der Waals surface area contributed by atoms with Gasteiger partial charge in [-0.1, -0.05) is 6.07 Å². The molecule has 0 fully saturated rings. The zero-order valence-electron chi connectivity index (χ0n) is 16.6. The monoisotopic (exact) mass is 445 g/mol. The van der Waals surface area contributed by atoms with Crippen LogP contribution in [-0.2, 0) is 14.6 Å². The van der Waals surface area contributed by atoms with Crippen molar-refractivity contribution in [2.75, 3.05) is 36.1 Å². The highest BCUT2D eigenvalue weighted by Gasteiger charge is 2.47. The number of carbonyl (C=O) groups excluding carboxylic acids is 1. The van der Waals surface area contributed by atoms with E-state index in [0.717, 1.165) is 17.7 Å². The van der Waals surface area contributed by atoms with Crippen LogP contribution in [0.2, 0.25) is 0 Å². The van der Waals surface area contributed by atoms with Crippen LogP contribution in [-0.4, -0.2) is 40.0 Å². The zero-order valence-corrected chi connectivity index (χ0v) is 17.4. The predicted octanol–water partition coefficient (Wildman–Crippen LogP) is 3.78. The van der Waals surface area contributed by atoms with Gasteiger partial charge in [0.2, 0.25) is 5.91 Å². The molecule has 0 atom stereocenters. The molecular formula is C19H22F3N3O4S. The second-order valence-corrected chi connectivity index (χ2v) is 8.23. The summed E-state index contributed by atoms with van der Waals surface area (Å²) in [5, 5.41) is 8.24. The Morgan fingerprint density at radius 1 is 1.03 bits per heavy atom. The average molecular weight is 445 g/mol. The van der Waals surface area contributed by atoms with E-state index in [0.29, 0.717) is 23.7 Å². The third-order valence-electron chi connectivity index (χ3n) is 4.04. The summed E-state index contributed by atoms with van der Waals surface area (Å²) in [4.78, 5) is 11.4. The number of halogens is 3.